The smallest absolute Gasteiger partial charge is 0.411 e. The first-order valence-electron chi connectivity index (χ1n) is 7.93. The third-order valence-corrected chi connectivity index (χ3v) is 4.75. The molecule has 0 aliphatic carbocycles. The lowest BCUT2D eigenvalue weighted by Gasteiger charge is -2.29. The lowest BCUT2D eigenvalue weighted by Crippen LogP contribution is -2.33. The van der Waals surface area contributed by atoms with E-state index in [2.05, 4.69) is 5.32 Å². The van der Waals surface area contributed by atoms with E-state index in [1.54, 1.807) is 16.7 Å². The predicted molar refractivity (Wildman–Crippen MR) is 96.1 cm³/mol. The quantitative estimate of drug-likeness (QED) is 0.880. The second-order valence-electron chi connectivity index (χ2n) is 5.57. The number of benzene rings is 2. The van der Waals surface area contributed by atoms with Gasteiger partial charge in [-0.05, 0) is 17.7 Å². The van der Waals surface area contributed by atoms with Crippen molar-refractivity contribution >= 4 is 29.2 Å². The number of carbonyl (C=O) groups is 1. The SMILES string of the molecule is O=C(Nc1cc(F)c(N2CCSCC2)c(F)c1)OCc1ccccc1. The summed E-state index contributed by atoms with van der Waals surface area (Å²) < 4.78 is 33.7. The first-order valence-corrected chi connectivity index (χ1v) is 9.08. The van der Waals surface area contributed by atoms with E-state index in [1.807, 2.05) is 30.3 Å². The minimum absolute atomic E-state index is 0.0307. The fourth-order valence-corrected chi connectivity index (χ4v) is 3.51. The van der Waals surface area contributed by atoms with Gasteiger partial charge in [-0.3, -0.25) is 5.32 Å². The Kier molecular flexibility index (Phi) is 5.75. The van der Waals surface area contributed by atoms with Crippen LogP contribution >= 0.6 is 11.8 Å². The molecule has 0 unspecified atom stereocenters. The third-order valence-electron chi connectivity index (χ3n) is 3.80. The number of nitrogens with zero attached hydrogens (tertiary/aromatic N) is 1. The maximum Gasteiger partial charge on any atom is 0.411 e. The van der Waals surface area contributed by atoms with Crippen molar-refractivity contribution < 1.29 is 18.3 Å². The van der Waals surface area contributed by atoms with Crippen molar-refractivity contribution in [2.75, 3.05) is 34.8 Å². The molecule has 2 aromatic carbocycles. The highest BCUT2D eigenvalue weighted by Crippen LogP contribution is 2.29. The molecule has 1 heterocycles. The number of halogens is 2. The van der Waals surface area contributed by atoms with E-state index in [0.29, 0.717) is 13.1 Å². The van der Waals surface area contributed by atoms with Gasteiger partial charge in [-0.1, -0.05) is 30.3 Å². The van der Waals surface area contributed by atoms with Gasteiger partial charge < -0.3 is 9.64 Å². The summed E-state index contributed by atoms with van der Waals surface area (Å²) in [6.45, 7) is 1.29. The van der Waals surface area contributed by atoms with Gasteiger partial charge in [0.05, 0.1) is 0 Å². The Balaban J connectivity index is 1.63. The number of thioether (sulfide) groups is 1. The molecule has 1 aliphatic rings. The normalized spacial score (nSPS) is 14.2. The van der Waals surface area contributed by atoms with Crippen LogP contribution in [0.3, 0.4) is 0 Å². The van der Waals surface area contributed by atoms with Gasteiger partial charge in [-0.25, -0.2) is 13.6 Å². The third kappa shape index (κ3) is 4.63. The molecular formula is C18H18F2N2O2S. The summed E-state index contributed by atoms with van der Waals surface area (Å²) in [5, 5.41) is 2.36. The predicted octanol–water partition coefficient (Wildman–Crippen LogP) is 4.27. The second-order valence-corrected chi connectivity index (χ2v) is 6.80. The van der Waals surface area contributed by atoms with E-state index < -0.39 is 17.7 Å². The summed E-state index contributed by atoms with van der Waals surface area (Å²) in [4.78, 5) is 13.5. The van der Waals surface area contributed by atoms with Crippen LogP contribution in [0.15, 0.2) is 42.5 Å². The number of carbonyl (C=O) groups excluding carboxylic acids is 1. The van der Waals surface area contributed by atoms with E-state index in [4.69, 9.17) is 4.74 Å². The van der Waals surface area contributed by atoms with Crippen LogP contribution in [-0.2, 0) is 11.3 Å². The lowest BCUT2D eigenvalue weighted by molar-refractivity contribution is 0.155. The summed E-state index contributed by atoms with van der Waals surface area (Å²) in [5.41, 5.74) is 0.819. The summed E-state index contributed by atoms with van der Waals surface area (Å²) in [6.07, 6.45) is -0.759. The van der Waals surface area contributed by atoms with Crippen molar-refractivity contribution in [2.24, 2.45) is 0 Å². The molecule has 2 aromatic rings. The zero-order valence-corrected chi connectivity index (χ0v) is 14.3. The number of amides is 1. The largest absolute Gasteiger partial charge is 0.444 e. The van der Waals surface area contributed by atoms with Gasteiger partial charge in [0.15, 0.2) is 11.6 Å². The fourth-order valence-electron chi connectivity index (χ4n) is 2.60. The van der Waals surface area contributed by atoms with Crippen molar-refractivity contribution in [3.8, 4) is 0 Å². The molecule has 25 heavy (non-hydrogen) atoms. The Morgan fingerprint density at radius 2 is 1.76 bits per heavy atom. The van der Waals surface area contributed by atoms with E-state index in [1.165, 1.54) is 0 Å². The topological polar surface area (TPSA) is 41.6 Å². The number of hydrogen-bond donors (Lipinski definition) is 1. The average molecular weight is 364 g/mol. The molecule has 1 amide bonds. The van der Waals surface area contributed by atoms with Crippen molar-refractivity contribution in [3.63, 3.8) is 0 Å². The van der Waals surface area contributed by atoms with Crippen LogP contribution in [0.2, 0.25) is 0 Å². The molecule has 0 bridgehead atoms. The lowest BCUT2D eigenvalue weighted by atomic mass is 10.2. The van der Waals surface area contributed by atoms with Gasteiger partial charge in [0.25, 0.3) is 0 Å². The standard InChI is InChI=1S/C18H18F2N2O2S/c19-15-10-14(11-16(20)17(15)22-6-8-25-9-7-22)21-18(23)24-12-13-4-2-1-3-5-13/h1-5,10-11H,6-9,12H2,(H,21,23). The Labute approximate surface area is 149 Å². The summed E-state index contributed by atoms with van der Waals surface area (Å²) in [5.74, 6) is 0.297. The molecule has 7 heteroatoms. The highest BCUT2D eigenvalue weighted by atomic mass is 32.2. The van der Waals surface area contributed by atoms with Crippen LogP contribution in [-0.4, -0.2) is 30.7 Å². The number of ether oxygens (including phenoxy) is 1. The van der Waals surface area contributed by atoms with Gasteiger partial charge in [-0.2, -0.15) is 11.8 Å². The van der Waals surface area contributed by atoms with Crippen LogP contribution in [0.4, 0.5) is 25.0 Å². The van der Waals surface area contributed by atoms with Crippen molar-refractivity contribution in [1.82, 2.24) is 0 Å². The molecule has 1 aliphatic heterocycles. The maximum absolute atomic E-state index is 14.3. The zero-order valence-electron chi connectivity index (χ0n) is 13.5. The zero-order chi connectivity index (χ0) is 17.6. The molecule has 4 nitrogen and oxygen atoms in total. The molecule has 0 atom stereocenters. The maximum atomic E-state index is 14.3. The van der Waals surface area contributed by atoms with Crippen molar-refractivity contribution in [3.05, 3.63) is 59.7 Å². The molecule has 0 aromatic heterocycles. The molecular weight excluding hydrogens is 346 g/mol. The van der Waals surface area contributed by atoms with E-state index >= 15 is 0 Å². The van der Waals surface area contributed by atoms with Crippen LogP contribution in [0.25, 0.3) is 0 Å². The molecule has 3 rings (SSSR count). The number of nitrogens with one attached hydrogen (secondary N) is 1. The molecule has 0 radical (unpaired) electrons. The van der Waals surface area contributed by atoms with Gasteiger partial charge in [0.2, 0.25) is 0 Å². The van der Waals surface area contributed by atoms with Crippen molar-refractivity contribution in [1.29, 1.82) is 0 Å². The summed E-state index contributed by atoms with van der Waals surface area (Å²) in [7, 11) is 0. The molecule has 132 valence electrons. The minimum atomic E-state index is -0.759. The molecule has 1 saturated heterocycles. The summed E-state index contributed by atoms with van der Waals surface area (Å²) >= 11 is 1.76. The average Bonchev–Trinajstić information content (AvgIpc) is 2.61. The van der Waals surface area contributed by atoms with Gasteiger partial charge >= 0.3 is 6.09 Å². The monoisotopic (exact) mass is 364 g/mol. The van der Waals surface area contributed by atoms with E-state index in [9.17, 15) is 13.6 Å². The fraction of sp³-hybridized carbons (Fsp3) is 0.278. The Morgan fingerprint density at radius 1 is 1.12 bits per heavy atom. The van der Waals surface area contributed by atoms with Gasteiger partial charge in [0.1, 0.15) is 12.3 Å². The highest BCUT2D eigenvalue weighted by molar-refractivity contribution is 7.99. The molecule has 0 saturated carbocycles. The first-order chi connectivity index (χ1) is 12.1. The molecule has 0 spiro atoms. The van der Waals surface area contributed by atoms with Gasteiger partial charge in [-0.15, -0.1) is 0 Å². The van der Waals surface area contributed by atoms with Crippen LogP contribution < -0.4 is 10.2 Å². The Hall–Kier alpha value is -2.28. The molecule has 1 N–H and O–H groups in total. The van der Waals surface area contributed by atoms with E-state index in [0.717, 1.165) is 29.2 Å². The van der Waals surface area contributed by atoms with Crippen molar-refractivity contribution in [2.45, 2.75) is 6.61 Å². The Bertz CT molecular complexity index is 714. The number of hydrogen-bond acceptors (Lipinski definition) is 4. The van der Waals surface area contributed by atoms with Crippen LogP contribution in [0.5, 0.6) is 0 Å². The van der Waals surface area contributed by atoms with Crippen LogP contribution in [0.1, 0.15) is 5.56 Å². The second kappa shape index (κ2) is 8.20. The summed E-state index contributed by atoms with van der Waals surface area (Å²) in [6, 6.07) is 11.4. The Morgan fingerprint density at radius 3 is 2.40 bits per heavy atom. The van der Waals surface area contributed by atoms with E-state index in [-0.39, 0.29) is 18.0 Å². The van der Waals surface area contributed by atoms with Crippen LogP contribution in [0, 0.1) is 11.6 Å². The van der Waals surface area contributed by atoms with Gasteiger partial charge in [0, 0.05) is 30.3 Å². The highest BCUT2D eigenvalue weighted by Gasteiger charge is 2.20. The first kappa shape index (κ1) is 17.5. The number of rotatable bonds is 4. The minimum Gasteiger partial charge on any atom is -0.444 e. The molecule has 1 fully saturated rings. The number of anilines is 2.